The monoisotopic (exact) mass is 206 g/mol. The van der Waals surface area contributed by atoms with E-state index in [1.807, 2.05) is 25.3 Å². The number of hydrogen-bond acceptors (Lipinski definition) is 3. The second kappa shape index (κ2) is 4.73. The number of ether oxygens (including phenoxy) is 1. The van der Waals surface area contributed by atoms with Crippen LogP contribution < -0.4 is 5.73 Å². The Morgan fingerprint density at radius 3 is 2.93 bits per heavy atom. The molecule has 2 unspecified atom stereocenters. The summed E-state index contributed by atoms with van der Waals surface area (Å²) in [5, 5.41) is 0. The molecule has 15 heavy (non-hydrogen) atoms. The molecule has 1 aromatic heterocycles. The first-order valence-corrected chi connectivity index (χ1v) is 5.57. The van der Waals surface area contributed by atoms with E-state index in [2.05, 4.69) is 4.98 Å². The molecule has 2 rings (SSSR count). The lowest BCUT2D eigenvalue weighted by Crippen LogP contribution is -2.31. The van der Waals surface area contributed by atoms with E-state index in [9.17, 15) is 0 Å². The van der Waals surface area contributed by atoms with Crippen LogP contribution in [0.15, 0.2) is 18.3 Å². The van der Waals surface area contributed by atoms with Crippen molar-refractivity contribution < 1.29 is 4.74 Å². The summed E-state index contributed by atoms with van der Waals surface area (Å²) in [4.78, 5) is 4.26. The van der Waals surface area contributed by atoms with Gasteiger partial charge in [0.15, 0.2) is 0 Å². The Kier molecular flexibility index (Phi) is 3.34. The molecule has 0 spiro atoms. The van der Waals surface area contributed by atoms with Gasteiger partial charge < -0.3 is 10.5 Å². The van der Waals surface area contributed by atoms with Crippen molar-refractivity contribution in [2.45, 2.75) is 38.3 Å². The summed E-state index contributed by atoms with van der Waals surface area (Å²) in [6, 6.07) is 4.02. The van der Waals surface area contributed by atoms with E-state index in [0.29, 0.717) is 0 Å². The van der Waals surface area contributed by atoms with Crippen molar-refractivity contribution in [1.29, 1.82) is 0 Å². The molecule has 2 heterocycles. The largest absolute Gasteiger partial charge is 0.376 e. The lowest BCUT2D eigenvalue weighted by Gasteiger charge is -2.28. The number of nitrogens with zero attached hydrogens (tertiary/aromatic N) is 1. The Balaban J connectivity index is 2.05. The second-order valence-electron chi connectivity index (χ2n) is 4.16. The fraction of sp³-hybridized carbons (Fsp3) is 0.583. The minimum atomic E-state index is -0.0293. The Hall–Kier alpha value is -0.930. The van der Waals surface area contributed by atoms with Crippen LogP contribution in [-0.2, 0) is 4.74 Å². The molecule has 2 N–H and O–H groups in total. The van der Waals surface area contributed by atoms with Gasteiger partial charge in [-0.1, -0.05) is 6.07 Å². The molecule has 1 saturated heterocycles. The van der Waals surface area contributed by atoms with Crippen molar-refractivity contribution >= 4 is 0 Å². The normalized spacial score (nSPS) is 23.7. The summed E-state index contributed by atoms with van der Waals surface area (Å²) in [5.41, 5.74) is 8.25. The van der Waals surface area contributed by atoms with Gasteiger partial charge in [-0.3, -0.25) is 4.98 Å². The summed E-state index contributed by atoms with van der Waals surface area (Å²) < 4.78 is 5.67. The average Bonchev–Trinajstić information content (AvgIpc) is 2.30. The second-order valence-corrected chi connectivity index (χ2v) is 4.16. The van der Waals surface area contributed by atoms with Gasteiger partial charge in [0.2, 0.25) is 0 Å². The van der Waals surface area contributed by atoms with Gasteiger partial charge in [0.1, 0.15) is 0 Å². The molecule has 82 valence electrons. The van der Waals surface area contributed by atoms with Crippen LogP contribution in [-0.4, -0.2) is 17.7 Å². The lowest BCUT2D eigenvalue weighted by atomic mass is 9.97. The molecule has 0 amide bonds. The van der Waals surface area contributed by atoms with Gasteiger partial charge in [0, 0.05) is 18.5 Å². The van der Waals surface area contributed by atoms with Gasteiger partial charge in [0.25, 0.3) is 0 Å². The van der Waals surface area contributed by atoms with Crippen LogP contribution in [0.4, 0.5) is 0 Å². The molecule has 0 saturated carbocycles. The molecular formula is C12H18N2O. The van der Waals surface area contributed by atoms with Crippen molar-refractivity contribution in [2.75, 3.05) is 6.61 Å². The van der Waals surface area contributed by atoms with Gasteiger partial charge in [-0.25, -0.2) is 0 Å². The van der Waals surface area contributed by atoms with Gasteiger partial charge in [-0.2, -0.15) is 0 Å². The number of aromatic nitrogens is 1. The first-order chi connectivity index (χ1) is 7.27. The average molecular weight is 206 g/mol. The van der Waals surface area contributed by atoms with Crippen molar-refractivity contribution in [3.05, 3.63) is 29.6 Å². The third-order valence-corrected chi connectivity index (χ3v) is 2.93. The number of pyridine rings is 1. The molecule has 3 nitrogen and oxygen atoms in total. The standard InChI is InChI=1S/C12H18N2O/c1-9-5-6-10(8-14-9)12(13)11-4-2-3-7-15-11/h5-6,8,11-12H,2-4,7,13H2,1H3. The van der Waals surface area contributed by atoms with E-state index in [4.69, 9.17) is 10.5 Å². The Morgan fingerprint density at radius 1 is 1.47 bits per heavy atom. The summed E-state index contributed by atoms with van der Waals surface area (Å²) in [6.07, 6.45) is 5.48. The fourth-order valence-electron chi connectivity index (χ4n) is 1.94. The molecule has 0 bridgehead atoms. The topological polar surface area (TPSA) is 48.1 Å². The third kappa shape index (κ3) is 2.55. The minimum Gasteiger partial charge on any atom is -0.376 e. The van der Waals surface area contributed by atoms with Crippen LogP contribution in [0, 0.1) is 6.92 Å². The quantitative estimate of drug-likeness (QED) is 0.804. The summed E-state index contributed by atoms with van der Waals surface area (Å²) in [7, 11) is 0. The number of rotatable bonds is 2. The van der Waals surface area contributed by atoms with E-state index in [-0.39, 0.29) is 12.1 Å². The highest BCUT2D eigenvalue weighted by Crippen LogP contribution is 2.23. The van der Waals surface area contributed by atoms with E-state index < -0.39 is 0 Å². The summed E-state index contributed by atoms with van der Waals surface area (Å²) in [6.45, 7) is 2.82. The first kappa shape index (κ1) is 10.6. The molecule has 0 radical (unpaired) electrons. The zero-order valence-corrected chi connectivity index (χ0v) is 9.15. The summed E-state index contributed by atoms with van der Waals surface area (Å²) in [5.74, 6) is 0. The number of hydrogen-bond donors (Lipinski definition) is 1. The van der Waals surface area contributed by atoms with Crippen LogP contribution >= 0.6 is 0 Å². The maximum Gasteiger partial charge on any atom is 0.0768 e. The van der Waals surface area contributed by atoms with Crippen molar-refractivity contribution in [1.82, 2.24) is 4.98 Å². The van der Waals surface area contributed by atoms with E-state index in [1.54, 1.807) is 0 Å². The Bertz CT molecular complexity index is 304. The van der Waals surface area contributed by atoms with Gasteiger partial charge in [0.05, 0.1) is 12.1 Å². The van der Waals surface area contributed by atoms with Crippen LogP contribution in [0.2, 0.25) is 0 Å². The molecular weight excluding hydrogens is 188 g/mol. The molecule has 0 aliphatic carbocycles. The number of nitrogens with two attached hydrogens (primary N) is 1. The van der Waals surface area contributed by atoms with Crippen LogP contribution in [0.25, 0.3) is 0 Å². The zero-order chi connectivity index (χ0) is 10.7. The molecule has 1 aliphatic heterocycles. The van der Waals surface area contributed by atoms with E-state index in [0.717, 1.165) is 30.7 Å². The lowest BCUT2D eigenvalue weighted by molar-refractivity contribution is -0.0000506. The molecule has 1 aliphatic rings. The molecule has 2 atom stereocenters. The SMILES string of the molecule is Cc1ccc(C(N)C2CCCCO2)cn1. The highest BCUT2D eigenvalue weighted by Gasteiger charge is 2.22. The van der Waals surface area contributed by atoms with Crippen molar-refractivity contribution in [3.8, 4) is 0 Å². The highest BCUT2D eigenvalue weighted by molar-refractivity contribution is 5.18. The molecule has 3 heteroatoms. The predicted molar refractivity (Wildman–Crippen MR) is 59.5 cm³/mol. The molecule has 1 fully saturated rings. The molecule has 1 aromatic rings. The Labute approximate surface area is 90.7 Å². The first-order valence-electron chi connectivity index (χ1n) is 5.57. The van der Waals surface area contributed by atoms with Crippen molar-refractivity contribution in [3.63, 3.8) is 0 Å². The minimum absolute atomic E-state index is 0.0293. The number of aryl methyl sites for hydroxylation is 1. The van der Waals surface area contributed by atoms with E-state index in [1.165, 1.54) is 6.42 Å². The zero-order valence-electron chi connectivity index (χ0n) is 9.15. The van der Waals surface area contributed by atoms with Gasteiger partial charge in [-0.15, -0.1) is 0 Å². The third-order valence-electron chi connectivity index (χ3n) is 2.93. The summed E-state index contributed by atoms with van der Waals surface area (Å²) >= 11 is 0. The van der Waals surface area contributed by atoms with Crippen LogP contribution in [0.5, 0.6) is 0 Å². The molecule has 0 aromatic carbocycles. The maximum atomic E-state index is 6.15. The highest BCUT2D eigenvalue weighted by atomic mass is 16.5. The fourth-order valence-corrected chi connectivity index (χ4v) is 1.94. The van der Waals surface area contributed by atoms with Crippen LogP contribution in [0.1, 0.15) is 36.6 Å². The van der Waals surface area contributed by atoms with Crippen LogP contribution in [0.3, 0.4) is 0 Å². The van der Waals surface area contributed by atoms with Gasteiger partial charge in [-0.05, 0) is 37.8 Å². The van der Waals surface area contributed by atoms with Gasteiger partial charge >= 0.3 is 0 Å². The maximum absolute atomic E-state index is 6.15. The predicted octanol–water partition coefficient (Wildman–Crippen LogP) is 1.96. The van der Waals surface area contributed by atoms with E-state index >= 15 is 0 Å². The van der Waals surface area contributed by atoms with Crippen molar-refractivity contribution in [2.24, 2.45) is 5.73 Å². The smallest absolute Gasteiger partial charge is 0.0768 e. The Morgan fingerprint density at radius 2 is 2.33 bits per heavy atom.